The number of fused-ring (bicyclic) bond motifs is 1. The van der Waals surface area contributed by atoms with Gasteiger partial charge in [0.25, 0.3) is 5.91 Å². The summed E-state index contributed by atoms with van der Waals surface area (Å²) in [5.41, 5.74) is 3.47. The maximum Gasteiger partial charge on any atom is 0.316 e. The molecule has 4 aliphatic rings. The highest BCUT2D eigenvalue weighted by Gasteiger charge is 2.70. The van der Waals surface area contributed by atoms with E-state index in [0.29, 0.717) is 11.4 Å². The van der Waals surface area contributed by atoms with E-state index in [4.69, 9.17) is 5.73 Å². The van der Waals surface area contributed by atoms with Gasteiger partial charge in [0.15, 0.2) is 5.01 Å². The SMILES string of the molecule is CC(C)[C@H]1CCN(C(=O)[C@@H](NC(=O)NC2(C(=O)c3nccs3)C3CCCCCC32)C(C)(C)C)[C@@H]1C(=O)NC(CC1C=C1)C(=O)C(N)=O. The molecule has 1 aromatic rings. The predicted octanol–water partition coefficient (Wildman–Crippen LogP) is 2.98. The molecule has 12 nitrogen and oxygen atoms in total. The van der Waals surface area contributed by atoms with Crippen LogP contribution >= 0.6 is 11.3 Å². The second-order valence-electron chi connectivity index (χ2n) is 15.0. The van der Waals surface area contributed by atoms with Crippen molar-refractivity contribution in [1.29, 1.82) is 0 Å². The van der Waals surface area contributed by atoms with Gasteiger partial charge in [-0.25, -0.2) is 9.78 Å². The van der Waals surface area contributed by atoms with E-state index in [1.54, 1.807) is 11.6 Å². The molecule has 0 bridgehead atoms. The highest BCUT2D eigenvalue weighted by Crippen LogP contribution is 2.59. The van der Waals surface area contributed by atoms with Crippen LogP contribution in [0.5, 0.6) is 0 Å². The van der Waals surface area contributed by atoms with E-state index in [1.807, 2.05) is 46.8 Å². The summed E-state index contributed by atoms with van der Waals surface area (Å²) in [5, 5.41) is 10.8. The lowest BCUT2D eigenvalue weighted by Crippen LogP contribution is -2.62. The molecule has 47 heavy (non-hydrogen) atoms. The number of hydrogen-bond donors (Lipinski definition) is 4. The highest BCUT2D eigenvalue weighted by atomic mass is 32.1. The van der Waals surface area contributed by atoms with Gasteiger partial charge in [-0.05, 0) is 60.7 Å². The fourth-order valence-corrected chi connectivity index (χ4v) is 8.48. The molecule has 5 amide bonds. The molecular formula is C34H48N6O6S. The Hall–Kier alpha value is -3.61. The number of allylic oxidation sites excluding steroid dienone is 2. The van der Waals surface area contributed by atoms with Gasteiger partial charge in [0.1, 0.15) is 17.6 Å². The first-order valence-corrected chi connectivity index (χ1v) is 17.7. The number of carbonyl (C=O) groups excluding carboxylic acids is 6. The minimum Gasteiger partial charge on any atom is -0.363 e. The maximum atomic E-state index is 14.4. The predicted molar refractivity (Wildman–Crippen MR) is 176 cm³/mol. The van der Waals surface area contributed by atoms with Crippen molar-refractivity contribution in [2.75, 3.05) is 6.54 Å². The molecule has 1 saturated heterocycles. The zero-order valence-electron chi connectivity index (χ0n) is 27.9. The minimum absolute atomic E-state index is 0.00996. The van der Waals surface area contributed by atoms with Crippen molar-refractivity contribution in [3.8, 4) is 0 Å². The van der Waals surface area contributed by atoms with Gasteiger partial charge in [0.05, 0.1) is 6.04 Å². The van der Waals surface area contributed by atoms with Gasteiger partial charge < -0.3 is 26.6 Å². The Morgan fingerprint density at radius 2 is 1.68 bits per heavy atom. The number of rotatable bonds is 12. The smallest absolute Gasteiger partial charge is 0.316 e. The van der Waals surface area contributed by atoms with Gasteiger partial charge in [0.2, 0.25) is 23.4 Å². The Morgan fingerprint density at radius 1 is 1.02 bits per heavy atom. The quantitative estimate of drug-likeness (QED) is 0.150. The van der Waals surface area contributed by atoms with Crippen LogP contribution in [0.15, 0.2) is 23.7 Å². The Morgan fingerprint density at radius 3 is 2.21 bits per heavy atom. The Bertz CT molecular complexity index is 1420. The zero-order valence-corrected chi connectivity index (χ0v) is 28.7. The molecule has 5 N–H and O–H groups in total. The van der Waals surface area contributed by atoms with Gasteiger partial charge in [-0.3, -0.25) is 24.0 Å². The molecule has 13 heteroatoms. The van der Waals surface area contributed by atoms with E-state index in [2.05, 4.69) is 20.9 Å². The summed E-state index contributed by atoms with van der Waals surface area (Å²) in [6.45, 7) is 9.74. The van der Waals surface area contributed by atoms with Gasteiger partial charge >= 0.3 is 6.03 Å². The number of nitrogens with two attached hydrogens (primary N) is 1. The van der Waals surface area contributed by atoms with E-state index in [1.165, 1.54) is 16.2 Å². The highest BCUT2D eigenvalue weighted by molar-refractivity contribution is 7.11. The summed E-state index contributed by atoms with van der Waals surface area (Å²) in [5.74, 6) is -3.33. The summed E-state index contributed by atoms with van der Waals surface area (Å²) in [7, 11) is 0. The van der Waals surface area contributed by atoms with Gasteiger partial charge in [-0.1, -0.05) is 66.0 Å². The number of nitrogens with one attached hydrogen (secondary N) is 3. The third-order valence-corrected chi connectivity index (χ3v) is 11.3. The Balaban J connectivity index is 1.36. The van der Waals surface area contributed by atoms with Crippen molar-refractivity contribution >= 4 is 46.7 Å². The fourth-order valence-electron chi connectivity index (χ4n) is 7.83. The number of thiazole rings is 1. The van der Waals surface area contributed by atoms with E-state index in [-0.39, 0.29) is 48.3 Å². The normalized spacial score (nSPS) is 28.1. The lowest BCUT2D eigenvalue weighted by molar-refractivity contribution is -0.144. The van der Waals surface area contributed by atoms with Crippen molar-refractivity contribution in [2.45, 2.75) is 103 Å². The molecule has 3 fully saturated rings. The molecule has 0 radical (unpaired) electrons. The van der Waals surface area contributed by atoms with Crippen LogP contribution in [0.4, 0.5) is 4.79 Å². The first-order chi connectivity index (χ1) is 22.2. The number of ketones is 2. The molecule has 256 valence electrons. The van der Waals surface area contributed by atoms with Gasteiger partial charge in [-0.15, -0.1) is 11.3 Å². The van der Waals surface area contributed by atoms with Crippen molar-refractivity contribution < 1.29 is 28.8 Å². The average molecular weight is 669 g/mol. The largest absolute Gasteiger partial charge is 0.363 e. The third-order valence-electron chi connectivity index (χ3n) is 10.5. The second kappa shape index (κ2) is 13.5. The van der Waals surface area contributed by atoms with Crippen LogP contribution in [0, 0.1) is 35.0 Å². The molecule has 3 aliphatic carbocycles. The number of primary amides is 1. The molecular weight excluding hydrogens is 620 g/mol. The summed E-state index contributed by atoms with van der Waals surface area (Å²) in [4.78, 5) is 86.1. The van der Waals surface area contributed by atoms with Gasteiger partial charge in [-0.2, -0.15) is 0 Å². The zero-order chi connectivity index (χ0) is 34.3. The number of hydrogen-bond acceptors (Lipinski definition) is 8. The van der Waals surface area contributed by atoms with Crippen LogP contribution in [-0.2, 0) is 19.2 Å². The van der Waals surface area contributed by atoms with Crippen LogP contribution < -0.4 is 21.7 Å². The first-order valence-electron chi connectivity index (χ1n) is 16.8. The first kappa shape index (κ1) is 34.7. The van der Waals surface area contributed by atoms with Crippen LogP contribution in [-0.4, -0.2) is 75.4 Å². The number of amides is 5. The summed E-state index contributed by atoms with van der Waals surface area (Å²) in [6, 6.07) is -3.66. The molecule has 2 heterocycles. The van der Waals surface area contributed by atoms with Gasteiger partial charge in [0, 0.05) is 18.1 Å². The lowest BCUT2D eigenvalue weighted by Gasteiger charge is -2.37. The minimum atomic E-state index is -1.13. The number of likely N-dealkylation sites (tertiary alicyclic amines) is 1. The molecule has 6 atom stereocenters. The fraction of sp³-hybridized carbons (Fsp3) is 0.676. The Kier molecular flexibility index (Phi) is 9.96. The lowest BCUT2D eigenvalue weighted by atomic mass is 9.84. The molecule has 1 aromatic heterocycles. The molecule has 1 aliphatic heterocycles. The van der Waals surface area contributed by atoms with E-state index in [0.717, 1.165) is 32.1 Å². The number of aromatic nitrogens is 1. The molecule has 5 rings (SSSR count). The monoisotopic (exact) mass is 668 g/mol. The van der Waals surface area contributed by atoms with Crippen molar-refractivity contribution in [2.24, 2.45) is 40.7 Å². The number of Topliss-reactive ketones (excluding diaryl/α,β-unsaturated/α-hetero) is 2. The van der Waals surface area contributed by atoms with Crippen LogP contribution in [0.3, 0.4) is 0 Å². The third kappa shape index (κ3) is 7.14. The summed E-state index contributed by atoms with van der Waals surface area (Å²) in [6.07, 6.45) is 10.8. The molecule has 2 saturated carbocycles. The number of urea groups is 1. The van der Waals surface area contributed by atoms with Crippen molar-refractivity contribution in [3.63, 3.8) is 0 Å². The molecule has 0 spiro atoms. The van der Waals surface area contributed by atoms with Crippen LogP contribution in [0.2, 0.25) is 0 Å². The van der Waals surface area contributed by atoms with Crippen molar-refractivity contribution in [3.05, 3.63) is 28.7 Å². The maximum absolute atomic E-state index is 14.4. The summed E-state index contributed by atoms with van der Waals surface area (Å²) >= 11 is 1.25. The van der Waals surface area contributed by atoms with E-state index in [9.17, 15) is 28.8 Å². The summed E-state index contributed by atoms with van der Waals surface area (Å²) < 4.78 is 0. The molecule has 0 aromatic carbocycles. The average Bonchev–Trinajstić information content (AvgIpc) is 3.79. The number of nitrogens with zero attached hydrogens (tertiary/aromatic N) is 2. The Labute approximate surface area is 280 Å². The number of carbonyl (C=O) groups is 6. The van der Waals surface area contributed by atoms with Crippen molar-refractivity contribution in [1.82, 2.24) is 25.8 Å². The topological polar surface area (TPSA) is 181 Å². The van der Waals surface area contributed by atoms with Crippen LogP contribution in [0.25, 0.3) is 0 Å². The standard InChI is InChI=1S/C34H48N6O6S/c1-18(2)20-13-15-40(24(20)29(44)37-23(17-19-11-12-19)25(41)28(35)43)31(45)26(33(3,4)5)38-32(46)39-34(27(42)30-36-14-16-47-30)21-9-7-6-8-10-22(21)34/h11-12,14,16,18-24,26H,6-10,13,15,17H2,1-5H3,(H2,35,43)(H,37,44)(H2,38,39,46)/t20-,21?,22?,23?,24+,26-,34?/m1/s1. The van der Waals surface area contributed by atoms with Crippen LogP contribution in [0.1, 0.15) is 89.4 Å². The van der Waals surface area contributed by atoms with E-state index < -0.39 is 58.6 Å². The second-order valence-corrected chi connectivity index (χ2v) is 15.9. The van der Waals surface area contributed by atoms with E-state index >= 15 is 0 Å². The molecule has 3 unspecified atom stereocenters.